The van der Waals surface area contributed by atoms with Gasteiger partial charge in [-0.3, -0.25) is 14.4 Å². The van der Waals surface area contributed by atoms with Gasteiger partial charge in [-0.25, -0.2) is 8.42 Å². The molecule has 3 aromatic rings. The molecule has 0 saturated carbocycles. The van der Waals surface area contributed by atoms with Crippen LogP contribution in [-0.4, -0.2) is 82.0 Å². The van der Waals surface area contributed by atoms with Crippen molar-refractivity contribution in [1.82, 2.24) is 9.80 Å². The Balaban J connectivity index is 1.46. The van der Waals surface area contributed by atoms with Crippen molar-refractivity contribution in [2.24, 2.45) is 5.92 Å². The Kier molecular flexibility index (Phi) is 9.00. The molecule has 2 aliphatic rings. The Hall–Kier alpha value is -4.00. The zero-order valence-electron chi connectivity index (χ0n) is 24.6. The van der Waals surface area contributed by atoms with Crippen molar-refractivity contribution >= 4 is 21.6 Å². The maximum atomic E-state index is 13.8. The summed E-state index contributed by atoms with van der Waals surface area (Å²) in [5.74, 6) is 1.59. The normalized spacial score (nSPS) is 18.8. The minimum atomic E-state index is -4.03. The fraction of sp³-hybridized carbons (Fsp3) is 0.387. The van der Waals surface area contributed by atoms with E-state index in [9.17, 15) is 18.3 Å². The van der Waals surface area contributed by atoms with Gasteiger partial charge in [-0.2, -0.15) is 0 Å². The van der Waals surface area contributed by atoms with Crippen molar-refractivity contribution in [2.75, 3.05) is 45.4 Å². The monoisotopic (exact) mass is 611 g/mol. The molecular formula is C31H37N3O8S. The number of aliphatic hydroxyl groups is 1. The van der Waals surface area contributed by atoms with Crippen LogP contribution < -0.4 is 23.7 Å². The first-order valence-electron chi connectivity index (χ1n) is 14.0. The molecule has 2 aliphatic heterocycles. The van der Waals surface area contributed by atoms with E-state index in [0.717, 1.165) is 5.56 Å². The Bertz CT molecular complexity index is 1560. The third-order valence-corrected chi connectivity index (χ3v) is 9.07. The summed E-state index contributed by atoms with van der Waals surface area (Å²) >= 11 is 0. The lowest BCUT2D eigenvalue weighted by Crippen LogP contribution is -2.49. The smallest absolute Gasteiger partial charge is 0.262 e. The number of likely N-dealkylation sites (N-methyl/N-ethyl adjacent to an activating group) is 1. The van der Waals surface area contributed by atoms with Crippen molar-refractivity contribution in [3.63, 3.8) is 0 Å². The fourth-order valence-corrected chi connectivity index (χ4v) is 6.29. The highest BCUT2D eigenvalue weighted by molar-refractivity contribution is 7.92. The summed E-state index contributed by atoms with van der Waals surface area (Å²) in [6.07, 6.45) is -0.425. The SMILES string of the molecule is COc1ccc(S(=O)(=O)Nc2cccc3c2O[C@H](CN(C)Cc2ccc4c(c2)OCO4)[C@H](C)CN([C@@H](C)CO)C3=O)cc1. The first-order chi connectivity index (χ1) is 20.6. The number of methoxy groups -OCH3 is 1. The van der Waals surface area contributed by atoms with Crippen LogP contribution in [0.25, 0.3) is 0 Å². The lowest BCUT2D eigenvalue weighted by molar-refractivity contribution is 0.0344. The number of rotatable bonds is 10. The van der Waals surface area contributed by atoms with Crippen LogP contribution in [-0.2, 0) is 16.6 Å². The van der Waals surface area contributed by atoms with Gasteiger partial charge in [0.25, 0.3) is 15.9 Å². The zero-order chi connectivity index (χ0) is 30.7. The van der Waals surface area contributed by atoms with Crippen molar-refractivity contribution in [1.29, 1.82) is 0 Å². The van der Waals surface area contributed by atoms with Crippen LogP contribution in [0.1, 0.15) is 29.8 Å². The maximum absolute atomic E-state index is 13.8. The summed E-state index contributed by atoms with van der Waals surface area (Å²) < 4.78 is 52.1. The second kappa shape index (κ2) is 12.7. The first kappa shape index (κ1) is 30.5. The second-order valence-electron chi connectivity index (χ2n) is 11.0. The molecule has 2 heterocycles. The number of sulfonamides is 1. The van der Waals surface area contributed by atoms with Gasteiger partial charge in [-0.1, -0.05) is 19.1 Å². The number of ether oxygens (including phenoxy) is 4. The predicted molar refractivity (Wildman–Crippen MR) is 160 cm³/mol. The topological polar surface area (TPSA) is 127 Å². The van der Waals surface area contributed by atoms with Crippen LogP contribution in [0.4, 0.5) is 5.69 Å². The van der Waals surface area contributed by atoms with Gasteiger partial charge in [0, 0.05) is 25.6 Å². The van der Waals surface area contributed by atoms with E-state index in [1.807, 2.05) is 32.2 Å². The molecule has 0 spiro atoms. The second-order valence-corrected chi connectivity index (χ2v) is 12.7. The quantitative estimate of drug-likeness (QED) is 0.354. The Morgan fingerprint density at radius 2 is 1.86 bits per heavy atom. The molecule has 11 nitrogen and oxygen atoms in total. The van der Waals surface area contributed by atoms with Crippen molar-refractivity contribution < 1.29 is 37.3 Å². The van der Waals surface area contributed by atoms with E-state index in [1.165, 1.54) is 19.2 Å². The van der Waals surface area contributed by atoms with Crippen LogP contribution in [0.2, 0.25) is 0 Å². The van der Waals surface area contributed by atoms with Gasteiger partial charge in [0.1, 0.15) is 11.9 Å². The molecule has 43 heavy (non-hydrogen) atoms. The molecule has 12 heteroatoms. The summed E-state index contributed by atoms with van der Waals surface area (Å²) in [5.41, 5.74) is 1.39. The number of para-hydroxylation sites is 1. The Morgan fingerprint density at radius 3 is 2.58 bits per heavy atom. The molecular weight excluding hydrogens is 574 g/mol. The lowest BCUT2D eigenvalue weighted by Gasteiger charge is -2.38. The summed E-state index contributed by atoms with van der Waals surface area (Å²) in [5, 5.41) is 9.96. The maximum Gasteiger partial charge on any atom is 0.262 e. The minimum absolute atomic E-state index is 0.0342. The molecule has 0 aliphatic carbocycles. The minimum Gasteiger partial charge on any atom is -0.497 e. The van der Waals surface area contributed by atoms with Crippen molar-refractivity contribution in [2.45, 2.75) is 37.4 Å². The molecule has 0 unspecified atom stereocenters. The Labute approximate surface area is 252 Å². The predicted octanol–water partition coefficient (Wildman–Crippen LogP) is 3.58. The molecule has 0 saturated heterocycles. The van der Waals surface area contributed by atoms with Crippen LogP contribution in [0.3, 0.4) is 0 Å². The standard InChI is InChI=1S/C31H37N3O8S/c1-20-15-34(21(2)18-35)31(36)25-6-5-7-26(32-43(37,38)24-11-9-23(39-4)10-12-24)30(25)42-29(20)17-33(3)16-22-8-13-27-28(14-22)41-19-40-27/h5-14,20-21,29,32,35H,15-19H2,1-4H3/t20-,21+,29-/m1/s1. The van der Waals surface area contributed by atoms with E-state index in [0.29, 0.717) is 36.9 Å². The van der Waals surface area contributed by atoms with Crippen LogP contribution in [0.5, 0.6) is 23.0 Å². The van der Waals surface area contributed by atoms with Crippen molar-refractivity contribution in [3.05, 3.63) is 71.8 Å². The molecule has 230 valence electrons. The number of carbonyl (C=O) groups excluding carboxylic acids is 1. The number of nitrogens with one attached hydrogen (secondary N) is 1. The van der Waals surface area contributed by atoms with Gasteiger partial charge in [0.2, 0.25) is 6.79 Å². The zero-order valence-corrected chi connectivity index (χ0v) is 25.5. The molecule has 0 aromatic heterocycles. The number of fused-ring (bicyclic) bond motifs is 2. The largest absolute Gasteiger partial charge is 0.497 e. The number of hydrogen-bond donors (Lipinski definition) is 2. The number of carbonyl (C=O) groups is 1. The van der Waals surface area contributed by atoms with Gasteiger partial charge in [-0.05, 0) is 68.1 Å². The van der Waals surface area contributed by atoms with E-state index in [1.54, 1.807) is 42.2 Å². The van der Waals surface area contributed by atoms with Crippen LogP contribution in [0, 0.1) is 5.92 Å². The van der Waals surface area contributed by atoms with Crippen LogP contribution >= 0.6 is 0 Å². The summed E-state index contributed by atoms with van der Waals surface area (Å²) in [4.78, 5) is 17.5. The highest BCUT2D eigenvalue weighted by Gasteiger charge is 2.35. The van der Waals surface area contributed by atoms with E-state index >= 15 is 0 Å². The summed E-state index contributed by atoms with van der Waals surface area (Å²) in [6.45, 7) is 5.18. The Morgan fingerprint density at radius 1 is 1.12 bits per heavy atom. The third-order valence-electron chi connectivity index (χ3n) is 7.69. The summed E-state index contributed by atoms with van der Waals surface area (Å²) in [7, 11) is -0.555. The molecule has 3 atom stereocenters. The van der Waals surface area contributed by atoms with Crippen LogP contribution in [0.15, 0.2) is 65.6 Å². The average molecular weight is 612 g/mol. The molecule has 0 radical (unpaired) electrons. The molecule has 0 bridgehead atoms. The molecule has 0 fully saturated rings. The van der Waals surface area contributed by atoms with Gasteiger partial charge >= 0.3 is 0 Å². The highest BCUT2D eigenvalue weighted by atomic mass is 32.2. The van der Waals surface area contributed by atoms with E-state index < -0.39 is 22.2 Å². The van der Waals surface area contributed by atoms with E-state index in [-0.39, 0.29) is 47.1 Å². The fourth-order valence-electron chi connectivity index (χ4n) is 5.22. The van der Waals surface area contributed by atoms with Gasteiger partial charge < -0.3 is 29.0 Å². The average Bonchev–Trinajstić information content (AvgIpc) is 3.47. The van der Waals surface area contributed by atoms with Gasteiger partial charge in [0.15, 0.2) is 17.2 Å². The number of nitrogens with zero attached hydrogens (tertiary/aromatic N) is 2. The molecule has 2 N–H and O–H groups in total. The van der Waals surface area contributed by atoms with Crippen molar-refractivity contribution in [3.8, 4) is 23.0 Å². The van der Waals surface area contributed by atoms with E-state index in [4.69, 9.17) is 18.9 Å². The molecule has 3 aromatic carbocycles. The van der Waals surface area contributed by atoms with Gasteiger partial charge in [-0.15, -0.1) is 0 Å². The highest BCUT2D eigenvalue weighted by Crippen LogP contribution is 2.37. The number of amides is 1. The number of hydrogen-bond acceptors (Lipinski definition) is 9. The number of aliphatic hydroxyl groups excluding tert-OH is 1. The van der Waals surface area contributed by atoms with Gasteiger partial charge in [0.05, 0.1) is 35.9 Å². The number of benzene rings is 3. The number of anilines is 1. The molecule has 5 rings (SSSR count). The molecule has 1 amide bonds. The summed E-state index contributed by atoms with van der Waals surface area (Å²) in [6, 6.07) is 16.2. The first-order valence-corrected chi connectivity index (χ1v) is 15.5. The van der Waals surface area contributed by atoms with E-state index in [2.05, 4.69) is 9.62 Å². The lowest BCUT2D eigenvalue weighted by atomic mass is 9.99. The third kappa shape index (κ3) is 6.66.